The molecule has 0 aliphatic carbocycles. The van der Waals surface area contributed by atoms with Crippen molar-refractivity contribution in [2.75, 3.05) is 11.1 Å². The van der Waals surface area contributed by atoms with Gasteiger partial charge in [-0.25, -0.2) is 8.78 Å². The van der Waals surface area contributed by atoms with Crippen LogP contribution in [0, 0.1) is 11.6 Å². The Labute approximate surface area is 108 Å². The number of nitrogens with one attached hydrogen (secondary N) is 1. The summed E-state index contributed by atoms with van der Waals surface area (Å²) in [7, 11) is 0. The van der Waals surface area contributed by atoms with Crippen LogP contribution in [0.2, 0.25) is 0 Å². The molecule has 1 heterocycles. The number of rotatable bonds is 3. The number of nitrogens with zero attached hydrogens (tertiary/aromatic N) is 2. The molecule has 2 aromatic rings. The van der Waals surface area contributed by atoms with Gasteiger partial charge in [0.05, 0.1) is 5.69 Å². The van der Waals surface area contributed by atoms with Crippen molar-refractivity contribution in [3.63, 3.8) is 0 Å². The Bertz CT molecular complexity index is 612. The molecule has 0 fully saturated rings. The molecule has 1 amide bonds. The summed E-state index contributed by atoms with van der Waals surface area (Å²) in [5, 5.41) is 6.18. The lowest BCUT2D eigenvalue weighted by Gasteiger charge is -2.13. The van der Waals surface area contributed by atoms with Crippen molar-refractivity contribution in [1.82, 2.24) is 9.78 Å². The third kappa shape index (κ3) is 2.87. The molecule has 3 N–H and O–H groups in total. The van der Waals surface area contributed by atoms with Crippen LogP contribution in [0.5, 0.6) is 0 Å². The number of benzene rings is 1. The van der Waals surface area contributed by atoms with E-state index in [2.05, 4.69) is 10.4 Å². The van der Waals surface area contributed by atoms with Crippen LogP contribution in [-0.2, 0) is 4.79 Å². The van der Waals surface area contributed by atoms with Crippen molar-refractivity contribution in [3.8, 4) is 0 Å². The lowest BCUT2D eigenvalue weighted by Crippen LogP contribution is -2.24. The van der Waals surface area contributed by atoms with Crippen LogP contribution in [0.15, 0.2) is 30.5 Å². The van der Waals surface area contributed by atoms with E-state index in [-0.39, 0.29) is 11.5 Å². The van der Waals surface area contributed by atoms with Gasteiger partial charge in [-0.3, -0.25) is 9.48 Å². The van der Waals surface area contributed by atoms with Crippen LogP contribution in [0.3, 0.4) is 0 Å². The van der Waals surface area contributed by atoms with E-state index in [0.717, 1.165) is 18.2 Å². The van der Waals surface area contributed by atoms with Crippen molar-refractivity contribution < 1.29 is 13.6 Å². The van der Waals surface area contributed by atoms with Gasteiger partial charge < -0.3 is 11.1 Å². The minimum atomic E-state index is -0.707. The van der Waals surface area contributed by atoms with E-state index in [1.165, 1.54) is 16.9 Å². The zero-order valence-corrected chi connectivity index (χ0v) is 10.1. The third-order valence-electron chi connectivity index (χ3n) is 2.59. The van der Waals surface area contributed by atoms with Crippen LogP contribution in [0.1, 0.15) is 13.0 Å². The largest absolute Gasteiger partial charge is 0.382 e. The molecule has 0 bridgehead atoms. The van der Waals surface area contributed by atoms with E-state index >= 15 is 0 Å². The highest BCUT2D eigenvalue weighted by molar-refractivity contribution is 5.93. The van der Waals surface area contributed by atoms with Gasteiger partial charge in [-0.15, -0.1) is 0 Å². The molecule has 100 valence electrons. The van der Waals surface area contributed by atoms with Gasteiger partial charge in [0.25, 0.3) is 0 Å². The summed E-state index contributed by atoms with van der Waals surface area (Å²) in [4.78, 5) is 11.9. The van der Waals surface area contributed by atoms with Crippen molar-refractivity contribution in [2.45, 2.75) is 13.0 Å². The zero-order valence-electron chi connectivity index (χ0n) is 10.1. The van der Waals surface area contributed by atoms with Crippen LogP contribution in [0.25, 0.3) is 0 Å². The second-order valence-electron chi connectivity index (χ2n) is 4.01. The minimum absolute atomic E-state index is 0.211. The molecular formula is C12H12F2N4O. The molecule has 7 heteroatoms. The number of nitrogens with two attached hydrogens (primary N) is 1. The van der Waals surface area contributed by atoms with Crippen molar-refractivity contribution in [2.24, 2.45) is 0 Å². The Balaban J connectivity index is 2.14. The number of hydrogen-bond acceptors (Lipinski definition) is 3. The average Bonchev–Trinajstić information content (AvgIpc) is 2.79. The first kappa shape index (κ1) is 13.0. The average molecular weight is 266 g/mol. The quantitative estimate of drug-likeness (QED) is 0.891. The van der Waals surface area contributed by atoms with Gasteiger partial charge >= 0.3 is 0 Å². The predicted molar refractivity (Wildman–Crippen MR) is 66.3 cm³/mol. The molecule has 1 atom stereocenters. The van der Waals surface area contributed by atoms with Gasteiger partial charge in [-0.2, -0.15) is 5.10 Å². The van der Waals surface area contributed by atoms with Crippen molar-refractivity contribution in [3.05, 3.63) is 42.1 Å². The summed E-state index contributed by atoms with van der Waals surface area (Å²) in [5.41, 5.74) is 5.23. The van der Waals surface area contributed by atoms with E-state index in [4.69, 9.17) is 5.73 Å². The highest BCUT2D eigenvalue weighted by atomic mass is 19.1. The smallest absolute Gasteiger partial charge is 0.249 e. The topological polar surface area (TPSA) is 72.9 Å². The van der Waals surface area contributed by atoms with Crippen LogP contribution < -0.4 is 11.1 Å². The molecule has 0 saturated carbocycles. The highest BCUT2D eigenvalue weighted by Crippen LogP contribution is 2.17. The Morgan fingerprint density at radius 2 is 2.16 bits per heavy atom. The molecule has 0 spiro atoms. The monoisotopic (exact) mass is 266 g/mol. The van der Waals surface area contributed by atoms with Gasteiger partial charge in [-0.1, -0.05) is 0 Å². The van der Waals surface area contributed by atoms with Gasteiger partial charge in [0.15, 0.2) is 0 Å². The third-order valence-corrected chi connectivity index (χ3v) is 2.59. The Morgan fingerprint density at radius 1 is 1.42 bits per heavy atom. The molecule has 0 saturated heterocycles. The zero-order chi connectivity index (χ0) is 14.0. The Hall–Kier alpha value is -2.44. The number of carbonyl (C=O) groups excluding carboxylic acids is 1. The fourth-order valence-corrected chi connectivity index (χ4v) is 1.52. The predicted octanol–water partition coefficient (Wildman–Crippen LogP) is 1.94. The molecule has 1 unspecified atom stereocenters. The molecule has 19 heavy (non-hydrogen) atoms. The summed E-state index contributed by atoms with van der Waals surface area (Å²) >= 11 is 0. The molecule has 0 radical (unpaired) electrons. The summed E-state index contributed by atoms with van der Waals surface area (Å²) < 4.78 is 27.7. The van der Waals surface area contributed by atoms with Gasteiger partial charge in [-0.05, 0) is 25.1 Å². The van der Waals surface area contributed by atoms with Gasteiger partial charge in [0.2, 0.25) is 5.91 Å². The standard InChI is InChI=1S/C12H12F2N4O/c1-7(18-5-4-11(15)17-18)12(19)16-10-6-8(13)2-3-9(10)14/h2-7H,1H3,(H2,15,17)(H,16,19). The first-order chi connectivity index (χ1) is 8.97. The minimum Gasteiger partial charge on any atom is -0.382 e. The number of nitrogen functional groups attached to an aromatic ring is 1. The summed E-state index contributed by atoms with van der Waals surface area (Å²) in [6.45, 7) is 1.57. The molecule has 1 aromatic carbocycles. The molecule has 5 nitrogen and oxygen atoms in total. The molecular weight excluding hydrogens is 254 g/mol. The number of hydrogen-bond donors (Lipinski definition) is 2. The van der Waals surface area contributed by atoms with Gasteiger partial charge in [0, 0.05) is 12.3 Å². The van der Waals surface area contributed by atoms with E-state index < -0.39 is 23.6 Å². The number of aromatic nitrogens is 2. The molecule has 0 aliphatic heterocycles. The number of anilines is 2. The second kappa shape index (κ2) is 5.05. The second-order valence-corrected chi connectivity index (χ2v) is 4.01. The summed E-state index contributed by atoms with van der Waals surface area (Å²) in [5.74, 6) is -1.58. The summed E-state index contributed by atoms with van der Waals surface area (Å²) in [6.07, 6.45) is 1.53. The maximum atomic E-state index is 13.4. The Morgan fingerprint density at radius 3 is 2.79 bits per heavy atom. The van der Waals surface area contributed by atoms with E-state index in [1.54, 1.807) is 6.92 Å². The first-order valence-electron chi connectivity index (χ1n) is 5.54. The van der Waals surface area contributed by atoms with E-state index in [9.17, 15) is 13.6 Å². The van der Waals surface area contributed by atoms with Crippen LogP contribution >= 0.6 is 0 Å². The highest BCUT2D eigenvalue weighted by Gasteiger charge is 2.17. The molecule has 1 aromatic heterocycles. The van der Waals surface area contributed by atoms with Crippen molar-refractivity contribution >= 4 is 17.4 Å². The number of halogens is 2. The van der Waals surface area contributed by atoms with Crippen LogP contribution in [0.4, 0.5) is 20.3 Å². The molecule has 0 aliphatic rings. The van der Waals surface area contributed by atoms with E-state index in [0.29, 0.717) is 0 Å². The Kier molecular flexibility index (Phi) is 3.46. The van der Waals surface area contributed by atoms with Crippen LogP contribution in [-0.4, -0.2) is 15.7 Å². The fraction of sp³-hybridized carbons (Fsp3) is 0.167. The fourth-order valence-electron chi connectivity index (χ4n) is 1.52. The van der Waals surface area contributed by atoms with Gasteiger partial charge in [0.1, 0.15) is 23.5 Å². The lowest BCUT2D eigenvalue weighted by atomic mass is 10.2. The normalized spacial score (nSPS) is 12.2. The number of amides is 1. The van der Waals surface area contributed by atoms with E-state index in [1.807, 2.05) is 0 Å². The summed E-state index contributed by atoms with van der Waals surface area (Å²) in [6, 6.07) is 3.67. The number of carbonyl (C=O) groups is 1. The van der Waals surface area contributed by atoms with Crippen molar-refractivity contribution in [1.29, 1.82) is 0 Å². The maximum Gasteiger partial charge on any atom is 0.249 e. The lowest BCUT2D eigenvalue weighted by molar-refractivity contribution is -0.119. The molecule has 2 rings (SSSR count). The maximum absolute atomic E-state index is 13.4. The first-order valence-corrected chi connectivity index (χ1v) is 5.54. The SMILES string of the molecule is CC(C(=O)Nc1cc(F)ccc1F)n1ccc(N)n1.